The molecule has 0 fully saturated rings. The standard InChI is InChI=1S/C19H21ClN2OS2/c1-2-12-23-18-9-7-17(8-10-18)22-19(24)21-11-13-25-14-15-3-5-16(20)6-4-15/h2-10H,1,11-14H2,(H2,21,22,24). The zero-order valence-corrected chi connectivity index (χ0v) is 16.2. The number of halogens is 1. The van der Waals surface area contributed by atoms with Crippen LogP contribution >= 0.6 is 35.6 Å². The predicted molar refractivity (Wildman–Crippen MR) is 114 cm³/mol. The summed E-state index contributed by atoms with van der Waals surface area (Å²) in [6.45, 7) is 4.94. The van der Waals surface area contributed by atoms with Crippen LogP contribution in [0.25, 0.3) is 0 Å². The fourth-order valence-electron chi connectivity index (χ4n) is 1.97. The van der Waals surface area contributed by atoms with Crippen LogP contribution in [0.1, 0.15) is 5.56 Å². The monoisotopic (exact) mass is 392 g/mol. The lowest BCUT2D eigenvalue weighted by molar-refractivity contribution is 0.363. The highest BCUT2D eigenvalue weighted by Crippen LogP contribution is 2.16. The van der Waals surface area contributed by atoms with Gasteiger partial charge < -0.3 is 15.4 Å². The van der Waals surface area contributed by atoms with Crippen molar-refractivity contribution < 1.29 is 4.74 Å². The van der Waals surface area contributed by atoms with E-state index in [-0.39, 0.29) is 0 Å². The quantitative estimate of drug-likeness (QED) is 0.351. The highest BCUT2D eigenvalue weighted by Gasteiger charge is 1.99. The largest absolute Gasteiger partial charge is 0.490 e. The lowest BCUT2D eigenvalue weighted by atomic mass is 10.2. The van der Waals surface area contributed by atoms with Gasteiger partial charge in [-0.3, -0.25) is 0 Å². The molecule has 0 aromatic heterocycles. The van der Waals surface area contributed by atoms with Crippen LogP contribution in [-0.4, -0.2) is 24.0 Å². The number of anilines is 1. The SMILES string of the molecule is C=CCOc1ccc(NC(=S)NCCSCc2ccc(Cl)cc2)cc1. The van der Waals surface area contributed by atoms with Crippen LogP contribution in [0.5, 0.6) is 5.75 Å². The minimum atomic E-state index is 0.500. The minimum absolute atomic E-state index is 0.500. The minimum Gasteiger partial charge on any atom is -0.490 e. The molecule has 2 N–H and O–H groups in total. The molecule has 0 aliphatic carbocycles. The molecule has 0 unspecified atom stereocenters. The summed E-state index contributed by atoms with van der Waals surface area (Å²) in [7, 11) is 0. The summed E-state index contributed by atoms with van der Waals surface area (Å²) in [6.07, 6.45) is 1.72. The molecular weight excluding hydrogens is 372 g/mol. The summed E-state index contributed by atoms with van der Waals surface area (Å²) in [6, 6.07) is 15.6. The number of thiocarbonyl (C=S) groups is 1. The van der Waals surface area contributed by atoms with E-state index in [4.69, 9.17) is 28.6 Å². The van der Waals surface area contributed by atoms with E-state index >= 15 is 0 Å². The maximum absolute atomic E-state index is 5.88. The molecule has 2 aromatic rings. The van der Waals surface area contributed by atoms with Crippen molar-refractivity contribution in [3.8, 4) is 5.75 Å². The molecule has 2 rings (SSSR count). The Bertz CT molecular complexity index is 675. The number of thioether (sulfide) groups is 1. The number of benzene rings is 2. The summed E-state index contributed by atoms with van der Waals surface area (Å²) < 4.78 is 5.45. The number of ether oxygens (including phenoxy) is 1. The van der Waals surface area contributed by atoms with Gasteiger partial charge >= 0.3 is 0 Å². The molecule has 2 aromatic carbocycles. The second-order valence-electron chi connectivity index (χ2n) is 5.18. The average molecular weight is 393 g/mol. The van der Waals surface area contributed by atoms with E-state index in [1.54, 1.807) is 6.08 Å². The molecule has 6 heteroatoms. The first-order valence-electron chi connectivity index (χ1n) is 7.88. The number of nitrogens with one attached hydrogen (secondary N) is 2. The van der Waals surface area contributed by atoms with E-state index in [2.05, 4.69) is 29.3 Å². The van der Waals surface area contributed by atoms with Crippen molar-refractivity contribution in [2.75, 3.05) is 24.2 Å². The summed E-state index contributed by atoms with van der Waals surface area (Å²) in [5, 5.41) is 7.76. The fourth-order valence-corrected chi connectivity index (χ4v) is 3.14. The van der Waals surface area contributed by atoms with Gasteiger partial charge in [-0.25, -0.2) is 0 Å². The molecule has 0 saturated heterocycles. The molecule has 0 spiro atoms. The summed E-state index contributed by atoms with van der Waals surface area (Å²) in [5.74, 6) is 2.74. The number of rotatable bonds is 9. The predicted octanol–water partition coefficient (Wildman–Crippen LogP) is 5.12. The van der Waals surface area contributed by atoms with Gasteiger partial charge in [0.05, 0.1) is 0 Å². The summed E-state index contributed by atoms with van der Waals surface area (Å²) in [5.41, 5.74) is 2.20. The van der Waals surface area contributed by atoms with Gasteiger partial charge in [-0.05, 0) is 54.2 Å². The Balaban J connectivity index is 1.61. The van der Waals surface area contributed by atoms with Gasteiger partial charge in [-0.1, -0.05) is 36.4 Å². The molecular formula is C19H21ClN2OS2. The lowest BCUT2D eigenvalue weighted by Crippen LogP contribution is -2.30. The van der Waals surface area contributed by atoms with Crippen LogP contribution in [0, 0.1) is 0 Å². The Morgan fingerprint density at radius 1 is 1.16 bits per heavy atom. The van der Waals surface area contributed by atoms with E-state index in [1.165, 1.54) is 5.56 Å². The summed E-state index contributed by atoms with van der Waals surface area (Å²) in [4.78, 5) is 0. The van der Waals surface area contributed by atoms with Gasteiger partial charge in [-0.2, -0.15) is 11.8 Å². The molecule has 25 heavy (non-hydrogen) atoms. The van der Waals surface area contributed by atoms with E-state index < -0.39 is 0 Å². The van der Waals surface area contributed by atoms with E-state index in [0.29, 0.717) is 11.7 Å². The topological polar surface area (TPSA) is 33.3 Å². The Morgan fingerprint density at radius 2 is 1.88 bits per heavy atom. The third-order valence-corrected chi connectivity index (χ3v) is 4.72. The van der Waals surface area contributed by atoms with E-state index in [0.717, 1.165) is 34.5 Å². The van der Waals surface area contributed by atoms with Crippen molar-refractivity contribution in [2.24, 2.45) is 0 Å². The molecule has 0 aliphatic rings. The lowest BCUT2D eigenvalue weighted by Gasteiger charge is -2.11. The molecule has 0 aliphatic heterocycles. The molecule has 0 radical (unpaired) electrons. The summed E-state index contributed by atoms with van der Waals surface area (Å²) >= 11 is 13.0. The first-order chi connectivity index (χ1) is 12.2. The Morgan fingerprint density at radius 3 is 2.56 bits per heavy atom. The van der Waals surface area contributed by atoms with Crippen LogP contribution in [0.3, 0.4) is 0 Å². The number of hydrogen-bond donors (Lipinski definition) is 2. The highest BCUT2D eigenvalue weighted by atomic mass is 35.5. The van der Waals surface area contributed by atoms with Crippen LogP contribution in [-0.2, 0) is 5.75 Å². The van der Waals surface area contributed by atoms with Crippen molar-refractivity contribution >= 4 is 46.4 Å². The van der Waals surface area contributed by atoms with Gasteiger partial charge in [0.1, 0.15) is 12.4 Å². The third-order valence-electron chi connectivity index (χ3n) is 3.19. The van der Waals surface area contributed by atoms with Crippen LogP contribution < -0.4 is 15.4 Å². The third kappa shape index (κ3) is 7.82. The van der Waals surface area contributed by atoms with Crippen LogP contribution in [0.15, 0.2) is 61.2 Å². The zero-order valence-electron chi connectivity index (χ0n) is 13.8. The van der Waals surface area contributed by atoms with Crippen molar-refractivity contribution in [3.63, 3.8) is 0 Å². The van der Waals surface area contributed by atoms with Gasteiger partial charge in [0.25, 0.3) is 0 Å². The second-order valence-corrected chi connectivity index (χ2v) is 7.13. The molecule has 0 bridgehead atoms. The first kappa shape index (κ1) is 19.6. The Kier molecular flexibility index (Phi) is 8.66. The van der Waals surface area contributed by atoms with Gasteiger partial charge in [0.2, 0.25) is 0 Å². The highest BCUT2D eigenvalue weighted by molar-refractivity contribution is 7.98. The molecule has 132 valence electrons. The van der Waals surface area contributed by atoms with Crippen molar-refractivity contribution in [1.29, 1.82) is 0 Å². The normalized spacial score (nSPS) is 10.1. The van der Waals surface area contributed by atoms with E-state index in [9.17, 15) is 0 Å². The van der Waals surface area contributed by atoms with Gasteiger partial charge in [-0.15, -0.1) is 0 Å². The van der Waals surface area contributed by atoms with Gasteiger partial charge in [0.15, 0.2) is 5.11 Å². The second kappa shape index (κ2) is 11.0. The van der Waals surface area contributed by atoms with Gasteiger partial charge in [0, 0.05) is 28.8 Å². The molecule has 0 heterocycles. The molecule has 3 nitrogen and oxygen atoms in total. The first-order valence-corrected chi connectivity index (χ1v) is 9.82. The van der Waals surface area contributed by atoms with Crippen molar-refractivity contribution in [3.05, 3.63) is 71.8 Å². The molecule has 0 amide bonds. The van der Waals surface area contributed by atoms with Crippen molar-refractivity contribution in [1.82, 2.24) is 5.32 Å². The Labute approximate surface area is 163 Å². The smallest absolute Gasteiger partial charge is 0.170 e. The van der Waals surface area contributed by atoms with E-state index in [1.807, 2.05) is 48.2 Å². The zero-order chi connectivity index (χ0) is 17.9. The van der Waals surface area contributed by atoms with Crippen LogP contribution in [0.4, 0.5) is 5.69 Å². The maximum Gasteiger partial charge on any atom is 0.170 e. The van der Waals surface area contributed by atoms with Crippen LogP contribution in [0.2, 0.25) is 5.02 Å². The average Bonchev–Trinajstić information content (AvgIpc) is 2.62. The Hall–Kier alpha value is -1.69. The molecule has 0 saturated carbocycles. The van der Waals surface area contributed by atoms with Crippen molar-refractivity contribution in [2.45, 2.75) is 5.75 Å². The number of hydrogen-bond acceptors (Lipinski definition) is 3. The maximum atomic E-state index is 5.88. The fraction of sp³-hybridized carbons (Fsp3) is 0.211. The molecule has 0 atom stereocenters.